The summed E-state index contributed by atoms with van der Waals surface area (Å²) in [6, 6.07) is 17.6. The molecule has 0 saturated heterocycles. The van der Waals surface area contributed by atoms with Crippen molar-refractivity contribution in [2.75, 3.05) is 5.32 Å². The van der Waals surface area contributed by atoms with Crippen LogP contribution >= 0.6 is 0 Å². The maximum atomic E-state index is 14.7. The number of phenolic OH excluding ortho intramolecular Hbond substituents is 1. The first-order valence-corrected chi connectivity index (χ1v) is 14.5. The number of carbonyl (C=O) groups excluding carboxylic acids is 3. The van der Waals surface area contributed by atoms with Gasteiger partial charge in [-0.05, 0) is 102 Å². The molecular weight excluding hydrogens is 542 g/mol. The van der Waals surface area contributed by atoms with Gasteiger partial charge in [0.2, 0.25) is 5.91 Å². The highest BCUT2D eigenvalue weighted by Gasteiger charge is 2.42. The minimum Gasteiger partial charge on any atom is -0.508 e. The molecule has 0 aromatic heterocycles. The van der Waals surface area contributed by atoms with E-state index in [1.54, 1.807) is 37.8 Å². The Bertz CT molecular complexity index is 1430. The molecular formula is C35H45N3O5. The second-order valence-corrected chi connectivity index (χ2v) is 13.0. The van der Waals surface area contributed by atoms with Crippen LogP contribution in [0.4, 0.5) is 10.5 Å². The summed E-state index contributed by atoms with van der Waals surface area (Å²) in [5.41, 5.74) is 3.12. The molecule has 230 valence electrons. The number of hydrogen-bond donors (Lipinski definition) is 3. The Morgan fingerprint density at radius 1 is 0.814 bits per heavy atom. The first-order chi connectivity index (χ1) is 20.0. The lowest BCUT2D eigenvalue weighted by molar-refractivity contribution is -0.146. The summed E-state index contributed by atoms with van der Waals surface area (Å²) in [6.07, 6.45) is -0.629. The molecule has 3 aromatic rings. The molecule has 3 amide bonds. The molecule has 8 heteroatoms. The number of aromatic hydroxyl groups is 1. The number of carbonyl (C=O) groups is 3. The van der Waals surface area contributed by atoms with Gasteiger partial charge in [-0.1, -0.05) is 54.6 Å². The summed E-state index contributed by atoms with van der Waals surface area (Å²) in [5.74, 6) is -0.724. The van der Waals surface area contributed by atoms with E-state index in [-0.39, 0.29) is 18.1 Å². The Balaban J connectivity index is 2.15. The van der Waals surface area contributed by atoms with Crippen molar-refractivity contribution in [3.8, 4) is 5.75 Å². The average Bonchev–Trinajstić information content (AvgIpc) is 2.88. The van der Waals surface area contributed by atoms with Crippen LogP contribution in [0.15, 0.2) is 66.7 Å². The topological polar surface area (TPSA) is 108 Å². The van der Waals surface area contributed by atoms with E-state index in [0.717, 1.165) is 16.7 Å². The van der Waals surface area contributed by atoms with Crippen LogP contribution < -0.4 is 10.6 Å². The van der Waals surface area contributed by atoms with Crippen molar-refractivity contribution < 1.29 is 24.2 Å². The number of benzene rings is 3. The Hall–Kier alpha value is -4.33. The van der Waals surface area contributed by atoms with Crippen molar-refractivity contribution in [2.24, 2.45) is 0 Å². The number of hydrogen-bond acceptors (Lipinski definition) is 5. The fourth-order valence-corrected chi connectivity index (χ4v) is 5.02. The second kappa shape index (κ2) is 13.3. The number of anilines is 1. The fraction of sp³-hybridized carbons (Fsp3) is 0.400. The summed E-state index contributed by atoms with van der Waals surface area (Å²) >= 11 is 0. The first kappa shape index (κ1) is 33.2. The van der Waals surface area contributed by atoms with E-state index >= 15 is 0 Å². The van der Waals surface area contributed by atoms with E-state index < -0.39 is 35.2 Å². The van der Waals surface area contributed by atoms with Gasteiger partial charge in [0.15, 0.2) is 0 Å². The normalized spacial score (nSPS) is 13.0. The minimum atomic E-state index is -1.07. The zero-order valence-electron chi connectivity index (χ0n) is 26.7. The first-order valence-electron chi connectivity index (χ1n) is 14.5. The van der Waals surface area contributed by atoms with Crippen LogP contribution in [0.1, 0.15) is 75.4 Å². The van der Waals surface area contributed by atoms with Crippen molar-refractivity contribution in [1.82, 2.24) is 10.2 Å². The summed E-state index contributed by atoms with van der Waals surface area (Å²) in [5, 5.41) is 15.7. The molecule has 8 nitrogen and oxygen atoms in total. The zero-order chi connectivity index (χ0) is 32.1. The molecule has 43 heavy (non-hydrogen) atoms. The third-order valence-corrected chi connectivity index (χ3v) is 7.04. The summed E-state index contributed by atoms with van der Waals surface area (Å²) in [4.78, 5) is 43.6. The number of para-hydroxylation sites is 1. The summed E-state index contributed by atoms with van der Waals surface area (Å²) in [7, 11) is 0. The van der Waals surface area contributed by atoms with Gasteiger partial charge in [0.25, 0.3) is 5.91 Å². The lowest BCUT2D eigenvalue weighted by atomic mass is 9.92. The zero-order valence-corrected chi connectivity index (χ0v) is 26.7. The largest absolute Gasteiger partial charge is 0.508 e. The molecule has 0 aliphatic heterocycles. The number of alkyl carbamates (subject to hydrolysis) is 1. The van der Waals surface area contributed by atoms with Gasteiger partial charge in [-0.25, -0.2) is 4.79 Å². The Kier molecular flexibility index (Phi) is 10.3. The van der Waals surface area contributed by atoms with Crippen molar-refractivity contribution in [3.63, 3.8) is 0 Å². The lowest BCUT2D eigenvalue weighted by Gasteiger charge is -2.43. The lowest BCUT2D eigenvalue weighted by Crippen LogP contribution is -2.58. The number of rotatable bonds is 8. The highest BCUT2D eigenvalue weighted by molar-refractivity contribution is 6.00. The van der Waals surface area contributed by atoms with Crippen molar-refractivity contribution in [1.29, 1.82) is 0 Å². The van der Waals surface area contributed by atoms with Crippen LogP contribution in [0, 0.1) is 20.8 Å². The van der Waals surface area contributed by atoms with Crippen LogP contribution in [0.2, 0.25) is 0 Å². The number of aryl methyl sites for hydroxylation is 3. The van der Waals surface area contributed by atoms with Crippen molar-refractivity contribution in [3.05, 3.63) is 94.5 Å². The molecule has 0 radical (unpaired) electrons. The highest BCUT2D eigenvalue weighted by atomic mass is 16.6. The van der Waals surface area contributed by atoms with Gasteiger partial charge < -0.3 is 25.4 Å². The fourth-order valence-electron chi connectivity index (χ4n) is 5.02. The van der Waals surface area contributed by atoms with Crippen molar-refractivity contribution in [2.45, 2.75) is 92.0 Å². The van der Waals surface area contributed by atoms with E-state index in [4.69, 9.17) is 4.74 Å². The molecule has 0 saturated carbocycles. The molecule has 0 heterocycles. The average molecular weight is 588 g/mol. The van der Waals surface area contributed by atoms with Gasteiger partial charge in [0.1, 0.15) is 23.4 Å². The Labute approximate surface area is 255 Å². The van der Waals surface area contributed by atoms with Gasteiger partial charge in [-0.15, -0.1) is 0 Å². The Morgan fingerprint density at radius 3 is 1.91 bits per heavy atom. The number of ether oxygens (including phenoxy) is 1. The van der Waals surface area contributed by atoms with Crippen LogP contribution in [0.5, 0.6) is 5.75 Å². The molecule has 3 aromatic carbocycles. The van der Waals surface area contributed by atoms with Crippen LogP contribution in [0.25, 0.3) is 0 Å². The molecule has 0 aliphatic rings. The smallest absolute Gasteiger partial charge is 0.408 e. The number of amides is 3. The van der Waals surface area contributed by atoms with E-state index in [2.05, 4.69) is 10.6 Å². The van der Waals surface area contributed by atoms with Crippen molar-refractivity contribution >= 4 is 23.6 Å². The minimum absolute atomic E-state index is 0.0887. The quantitative estimate of drug-likeness (QED) is 0.270. The third kappa shape index (κ3) is 8.83. The molecule has 0 bridgehead atoms. The molecule has 2 unspecified atom stereocenters. The third-order valence-electron chi connectivity index (χ3n) is 7.04. The van der Waals surface area contributed by atoms with Gasteiger partial charge >= 0.3 is 6.09 Å². The van der Waals surface area contributed by atoms with E-state index in [9.17, 15) is 19.5 Å². The molecule has 0 fully saturated rings. The van der Waals surface area contributed by atoms with E-state index in [0.29, 0.717) is 16.8 Å². The molecule has 0 aliphatic carbocycles. The van der Waals surface area contributed by atoms with Gasteiger partial charge in [0, 0.05) is 17.6 Å². The van der Waals surface area contributed by atoms with E-state index in [1.807, 2.05) is 84.0 Å². The van der Waals surface area contributed by atoms with Crippen LogP contribution in [0.3, 0.4) is 0 Å². The van der Waals surface area contributed by atoms with Gasteiger partial charge in [0.05, 0.1) is 0 Å². The maximum Gasteiger partial charge on any atom is 0.408 e. The predicted octanol–water partition coefficient (Wildman–Crippen LogP) is 6.76. The van der Waals surface area contributed by atoms with Crippen LogP contribution in [-0.4, -0.2) is 45.1 Å². The summed E-state index contributed by atoms with van der Waals surface area (Å²) in [6.45, 7) is 16.6. The molecule has 0 spiro atoms. The number of nitrogens with one attached hydrogen (secondary N) is 2. The van der Waals surface area contributed by atoms with Gasteiger partial charge in [-0.2, -0.15) is 0 Å². The Morgan fingerprint density at radius 2 is 1.37 bits per heavy atom. The number of nitrogens with zero attached hydrogens (tertiary/aromatic N) is 1. The standard InChI is InChI=1S/C35H45N3O5/c1-22-13-10-11-16-27(22)30(31(40)37-29-23(2)14-12-15-24(29)3)38(34(4,5)6)32(41)28(36-33(42)43-35(7,8)9)21-25-17-19-26(39)20-18-25/h10-20,28,30,39H,21H2,1-9H3,(H,36,42)(H,37,40). The highest BCUT2D eigenvalue weighted by Crippen LogP contribution is 2.34. The number of phenols is 1. The molecule has 2 atom stereocenters. The SMILES string of the molecule is Cc1ccccc1C(C(=O)Nc1c(C)cccc1C)N(C(=O)C(Cc1ccc(O)cc1)NC(=O)OC(C)(C)C)C(C)(C)C. The molecule has 3 N–H and O–H groups in total. The monoisotopic (exact) mass is 587 g/mol. The predicted molar refractivity (Wildman–Crippen MR) is 170 cm³/mol. The molecule has 3 rings (SSSR count). The van der Waals surface area contributed by atoms with Gasteiger partial charge in [-0.3, -0.25) is 9.59 Å². The maximum absolute atomic E-state index is 14.7. The van der Waals surface area contributed by atoms with Crippen LogP contribution in [-0.2, 0) is 20.7 Å². The summed E-state index contributed by atoms with van der Waals surface area (Å²) < 4.78 is 5.52. The second-order valence-electron chi connectivity index (χ2n) is 13.0. The van der Waals surface area contributed by atoms with E-state index in [1.165, 1.54) is 12.1 Å².